The summed E-state index contributed by atoms with van der Waals surface area (Å²) in [5, 5.41) is 18.4. The number of sulfonamides is 1. The van der Waals surface area contributed by atoms with Crippen LogP contribution in [0.1, 0.15) is 10.6 Å². The molecule has 1 aromatic carbocycles. The van der Waals surface area contributed by atoms with Crippen molar-refractivity contribution >= 4 is 26.5 Å². The zero-order valence-electron chi connectivity index (χ0n) is 11.7. The van der Waals surface area contributed by atoms with Gasteiger partial charge in [-0.1, -0.05) is 11.3 Å². The first-order chi connectivity index (χ1) is 10.5. The van der Waals surface area contributed by atoms with Crippen LogP contribution in [0.5, 0.6) is 0 Å². The lowest BCUT2D eigenvalue weighted by atomic mass is 10.1. The molecule has 0 aliphatic carbocycles. The molecule has 1 fully saturated rings. The van der Waals surface area contributed by atoms with Gasteiger partial charge in [0.05, 0.1) is 22.6 Å². The van der Waals surface area contributed by atoms with Crippen LogP contribution in [0.25, 0.3) is 0 Å². The van der Waals surface area contributed by atoms with Gasteiger partial charge in [0, 0.05) is 13.1 Å². The van der Waals surface area contributed by atoms with E-state index in [1.54, 1.807) is 0 Å². The fraction of sp³-hybridized carbons (Fsp3) is 0.308. The number of anilines is 1. The summed E-state index contributed by atoms with van der Waals surface area (Å²) in [4.78, 5) is 2.15. The predicted octanol–water partition coefficient (Wildman–Crippen LogP) is 0.885. The minimum atomic E-state index is -3.56. The molecule has 2 heterocycles. The Hall–Kier alpha value is -2.02. The molecule has 0 saturated carbocycles. The van der Waals surface area contributed by atoms with Crippen LogP contribution in [0, 0.1) is 18.3 Å². The van der Waals surface area contributed by atoms with Crippen molar-refractivity contribution in [2.24, 2.45) is 0 Å². The first-order valence-electron chi connectivity index (χ1n) is 6.55. The third kappa shape index (κ3) is 2.94. The quantitative estimate of drug-likeness (QED) is 0.891. The average molecular weight is 335 g/mol. The number of aryl methyl sites for hydroxylation is 1. The Bertz CT molecular complexity index is 817. The Morgan fingerprint density at radius 3 is 2.55 bits per heavy atom. The molecule has 1 aromatic heterocycles. The maximum Gasteiger partial charge on any atom is 0.240 e. The largest absolute Gasteiger partial charge is 0.343 e. The molecule has 0 bridgehead atoms. The highest BCUT2D eigenvalue weighted by Crippen LogP contribution is 2.25. The summed E-state index contributed by atoms with van der Waals surface area (Å²) in [5.74, 6) is 0. The molecule has 1 aliphatic heterocycles. The normalized spacial score (nSPS) is 15.4. The van der Waals surface area contributed by atoms with Crippen LogP contribution in [0.15, 0.2) is 29.2 Å². The van der Waals surface area contributed by atoms with Gasteiger partial charge in [-0.25, -0.2) is 13.1 Å². The van der Waals surface area contributed by atoms with Crippen LogP contribution < -0.4 is 9.62 Å². The number of nitriles is 1. The fourth-order valence-electron chi connectivity index (χ4n) is 2.12. The molecule has 1 N–H and O–H groups in total. The number of nitrogens with one attached hydrogen (secondary N) is 1. The number of hydrogen-bond donors (Lipinski definition) is 1. The highest BCUT2D eigenvalue weighted by molar-refractivity contribution is 7.89. The predicted molar refractivity (Wildman–Crippen MR) is 82.1 cm³/mol. The molecule has 0 radical (unpaired) electrons. The van der Waals surface area contributed by atoms with Crippen molar-refractivity contribution in [2.75, 3.05) is 18.0 Å². The third-order valence-corrected chi connectivity index (χ3v) is 5.72. The van der Waals surface area contributed by atoms with Crippen LogP contribution in [0.4, 0.5) is 5.13 Å². The summed E-state index contributed by atoms with van der Waals surface area (Å²) in [6.07, 6.45) is 0. The topological polar surface area (TPSA) is 99.0 Å². The summed E-state index contributed by atoms with van der Waals surface area (Å²) < 4.78 is 27.1. The van der Waals surface area contributed by atoms with E-state index in [1.807, 2.05) is 17.9 Å². The molecule has 7 nitrogen and oxygen atoms in total. The number of nitrogens with zero attached hydrogens (tertiary/aromatic N) is 4. The molecule has 2 aromatic rings. The van der Waals surface area contributed by atoms with Crippen molar-refractivity contribution < 1.29 is 8.42 Å². The van der Waals surface area contributed by atoms with Crippen LogP contribution in [0.3, 0.4) is 0 Å². The fourth-order valence-corrected chi connectivity index (χ4v) is 4.04. The minimum Gasteiger partial charge on any atom is -0.343 e. The standard InChI is InChI=1S/C13H13N5O2S2/c1-9-15-16-13(21-9)18-7-11(8-18)17-22(19,20)12-4-2-10(6-14)3-5-12/h2-5,11,17H,7-8H2,1H3. The van der Waals surface area contributed by atoms with Gasteiger partial charge < -0.3 is 4.90 Å². The van der Waals surface area contributed by atoms with Crippen LogP contribution >= 0.6 is 11.3 Å². The molecule has 0 amide bonds. The van der Waals surface area contributed by atoms with E-state index in [1.165, 1.54) is 35.6 Å². The number of aromatic nitrogens is 2. The third-order valence-electron chi connectivity index (χ3n) is 3.28. The number of hydrogen-bond acceptors (Lipinski definition) is 7. The van der Waals surface area contributed by atoms with E-state index in [-0.39, 0.29) is 10.9 Å². The zero-order valence-corrected chi connectivity index (χ0v) is 13.4. The van der Waals surface area contributed by atoms with Crippen LogP contribution in [0.2, 0.25) is 0 Å². The van der Waals surface area contributed by atoms with Crippen molar-refractivity contribution in [1.82, 2.24) is 14.9 Å². The van der Waals surface area contributed by atoms with Gasteiger partial charge in [-0.2, -0.15) is 5.26 Å². The lowest BCUT2D eigenvalue weighted by Gasteiger charge is -2.38. The Kier molecular flexibility index (Phi) is 3.82. The Balaban J connectivity index is 1.62. The van der Waals surface area contributed by atoms with E-state index in [9.17, 15) is 8.42 Å². The molecule has 114 valence electrons. The zero-order chi connectivity index (χ0) is 15.7. The molecule has 1 aliphatic rings. The molecular formula is C13H13N5O2S2. The van der Waals surface area contributed by atoms with Gasteiger partial charge in [0.25, 0.3) is 0 Å². The molecular weight excluding hydrogens is 322 g/mol. The molecule has 3 rings (SSSR count). The second-order valence-corrected chi connectivity index (χ2v) is 7.84. The minimum absolute atomic E-state index is 0.148. The number of benzene rings is 1. The molecule has 1 saturated heterocycles. The summed E-state index contributed by atoms with van der Waals surface area (Å²) in [6.45, 7) is 3.03. The van der Waals surface area contributed by atoms with Gasteiger partial charge in [0.15, 0.2) is 0 Å². The maximum atomic E-state index is 12.2. The monoisotopic (exact) mass is 335 g/mol. The first-order valence-corrected chi connectivity index (χ1v) is 8.85. The van der Waals surface area contributed by atoms with Gasteiger partial charge in [0.1, 0.15) is 5.01 Å². The van der Waals surface area contributed by atoms with Crippen molar-refractivity contribution in [2.45, 2.75) is 17.9 Å². The van der Waals surface area contributed by atoms with Crippen molar-refractivity contribution in [3.63, 3.8) is 0 Å². The Morgan fingerprint density at radius 1 is 1.32 bits per heavy atom. The van der Waals surface area contributed by atoms with Gasteiger partial charge >= 0.3 is 0 Å². The van der Waals surface area contributed by atoms with Gasteiger partial charge in [0.2, 0.25) is 15.2 Å². The average Bonchev–Trinajstić information content (AvgIpc) is 2.88. The van der Waals surface area contributed by atoms with E-state index >= 15 is 0 Å². The first kappa shape index (κ1) is 14.9. The van der Waals surface area contributed by atoms with Crippen molar-refractivity contribution in [3.8, 4) is 6.07 Å². The lowest BCUT2D eigenvalue weighted by Crippen LogP contribution is -2.59. The highest BCUT2D eigenvalue weighted by atomic mass is 32.2. The number of rotatable bonds is 4. The second-order valence-electron chi connectivity index (χ2n) is 4.96. The van der Waals surface area contributed by atoms with Crippen LogP contribution in [-0.2, 0) is 10.0 Å². The maximum absolute atomic E-state index is 12.2. The van der Waals surface area contributed by atoms with E-state index in [0.717, 1.165) is 10.1 Å². The molecule has 9 heteroatoms. The lowest BCUT2D eigenvalue weighted by molar-refractivity contribution is 0.468. The summed E-state index contributed by atoms with van der Waals surface area (Å²) in [6, 6.07) is 7.67. The summed E-state index contributed by atoms with van der Waals surface area (Å²) in [5.41, 5.74) is 0.431. The van der Waals surface area contributed by atoms with E-state index in [4.69, 9.17) is 5.26 Å². The van der Waals surface area contributed by atoms with E-state index < -0.39 is 10.0 Å². The van der Waals surface area contributed by atoms with Gasteiger partial charge in [-0.05, 0) is 31.2 Å². The highest BCUT2D eigenvalue weighted by Gasteiger charge is 2.32. The van der Waals surface area contributed by atoms with Gasteiger partial charge in [-0.3, -0.25) is 0 Å². The Morgan fingerprint density at radius 2 is 2.00 bits per heavy atom. The van der Waals surface area contributed by atoms with Crippen molar-refractivity contribution in [3.05, 3.63) is 34.8 Å². The van der Waals surface area contributed by atoms with E-state index in [0.29, 0.717) is 18.7 Å². The van der Waals surface area contributed by atoms with E-state index in [2.05, 4.69) is 14.9 Å². The molecule has 0 unspecified atom stereocenters. The second kappa shape index (κ2) is 5.64. The molecule has 0 atom stereocenters. The SMILES string of the molecule is Cc1nnc(N2CC(NS(=O)(=O)c3ccc(C#N)cc3)C2)s1. The summed E-state index contributed by atoms with van der Waals surface area (Å²) in [7, 11) is -3.56. The molecule has 0 spiro atoms. The Labute approximate surface area is 132 Å². The summed E-state index contributed by atoms with van der Waals surface area (Å²) >= 11 is 1.49. The van der Waals surface area contributed by atoms with Crippen molar-refractivity contribution in [1.29, 1.82) is 5.26 Å². The smallest absolute Gasteiger partial charge is 0.240 e. The molecule has 22 heavy (non-hydrogen) atoms. The van der Waals surface area contributed by atoms with Gasteiger partial charge in [-0.15, -0.1) is 10.2 Å². The van der Waals surface area contributed by atoms with Crippen LogP contribution in [-0.4, -0.2) is 37.7 Å².